The predicted molar refractivity (Wildman–Crippen MR) is 86.7 cm³/mol. The molecule has 0 atom stereocenters. The van der Waals surface area contributed by atoms with E-state index in [0.717, 1.165) is 18.9 Å². The van der Waals surface area contributed by atoms with Crippen LogP contribution in [0.25, 0.3) is 11.1 Å². The number of aromatic amines is 1. The first-order chi connectivity index (χ1) is 11.5. The van der Waals surface area contributed by atoms with Crippen molar-refractivity contribution in [2.75, 3.05) is 12.3 Å². The number of halogens is 1. The van der Waals surface area contributed by atoms with E-state index in [2.05, 4.69) is 4.98 Å². The van der Waals surface area contributed by atoms with E-state index in [4.69, 9.17) is 10.5 Å². The van der Waals surface area contributed by atoms with Crippen molar-refractivity contribution in [3.8, 4) is 29.0 Å². The number of nitrogen functional groups attached to an aromatic ring is 1. The van der Waals surface area contributed by atoms with Gasteiger partial charge in [0.15, 0.2) is 11.6 Å². The van der Waals surface area contributed by atoms with Crippen LogP contribution in [0.5, 0.6) is 5.75 Å². The molecule has 1 heterocycles. The lowest BCUT2D eigenvalue weighted by molar-refractivity contribution is 0.294. The third kappa shape index (κ3) is 3.21. The van der Waals surface area contributed by atoms with Gasteiger partial charge in [-0.15, -0.1) is 0 Å². The molecule has 7 heteroatoms. The van der Waals surface area contributed by atoms with Crippen LogP contribution in [-0.4, -0.2) is 11.6 Å². The molecule has 0 radical (unpaired) electrons. The Balaban J connectivity index is 2.57. The zero-order valence-electron chi connectivity index (χ0n) is 13.0. The molecule has 0 aliphatic heterocycles. The second-order valence-electron chi connectivity index (χ2n) is 5.06. The van der Waals surface area contributed by atoms with Crippen molar-refractivity contribution in [2.24, 2.45) is 0 Å². The maximum absolute atomic E-state index is 14.2. The van der Waals surface area contributed by atoms with Crippen LogP contribution in [-0.2, 0) is 0 Å². The van der Waals surface area contributed by atoms with Gasteiger partial charge in [0.25, 0.3) is 5.56 Å². The molecule has 0 unspecified atom stereocenters. The number of rotatable bonds is 5. The van der Waals surface area contributed by atoms with Crippen LogP contribution in [0.15, 0.2) is 23.0 Å². The van der Waals surface area contributed by atoms with Gasteiger partial charge in [0.2, 0.25) is 0 Å². The molecular weight excluding hydrogens is 311 g/mol. The van der Waals surface area contributed by atoms with Crippen molar-refractivity contribution < 1.29 is 9.13 Å². The number of anilines is 1. The first kappa shape index (κ1) is 17.0. The molecule has 0 spiro atoms. The van der Waals surface area contributed by atoms with E-state index in [-0.39, 0.29) is 33.8 Å². The topological polar surface area (TPSA) is 116 Å². The largest absolute Gasteiger partial charge is 0.491 e. The molecule has 0 saturated heterocycles. The number of hydrogen-bond donors (Lipinski definition) is 2. The van der Waals surface area contributed by atoms with E-state index in [1.54, 1.807) is 6.07 Å². The average Bonchev–Trinajstić information content (AvgIpc) is 2.56. The van der Waals surface area contributed by atoms with E-state index in [9.17, 15) is 19.7 Å². The summed E-state index contributed by atoms with van der Waals surface area (Å²) in [5.74, 6) is -0.738. The Morgan fingerprint density at radius 3 is 2.58 bits per heavy atom. The highest BCUT2D eigenvalue weighted by molar-refractivity contribution is 5.80. The first-order valence-corrected chi connectivity index (χ1v) is 7.32. The Labute approximate surface area is 137 Å². The van der Waals surface area contributed by atoms with Gasteiger partial charge in [-0.3, -0.25) is 4.79 Å². The quantitative estimate of drug-likeness (QED) is 0.819. The Morgan fingerprint density at radius 1 is 1.29 bits per heavy atom. The molecule has 0 aliphatic carbocycles. The van der Waals surface area contributed by atoms with Gasteiger partial charge in [0, 0.05) is 5.56 Å². The van der Waals surface area contributed by atoms with Gasteiger partial charge in [-0.05, 0) is 24.1 Å². The van der Waals surface area contributed by atoms with Crippen molar-refractivity contribution in [3.63, 3.8) is 0 Å². The van der Waals surface area contributed by atoms with Gasteiger partial charge in [-0.25, -0.2) is 4.39 Å². The minimum absolute atomic E-state index is 0.0141. The number of aromatic nitrogens is 1. The highest BCUT2D eigenvalue weighted by Crippen LogP contribution is 2.31. The lowest BCUT2D eigenvalue weighted by Crippen LogP contribution is -2.16. The van der Waals surface area contributed by atoms with Crippen LogP contribution in [0.1, 0.15) is 30.9 Å². The maximum atomic E-state index is 14.2. The fourth-order valence-corrected chi connectivity index (χ4v) is 2.23. The van der Waals surface area contributed by atoms with Crippen LogP contribution >= 0.6 is 0 Å². The summed E-state index contributed by atoms with van der Waals surface area (Å²) in [7, 11) is 0. The fraction of sp³-hybridized carbons (Fsp3) is 0.235. The summed E-state index contributed by atoms with van der Waals surface area (Å²) in [5.41, 5.74) is 4.76. The smallest absolute Gasteiger partial charge is 0.268 e. The van der Waals surface area contributed by atoms with Crippen molar-refractivity contribution in [3.05, 3.63) is 45.5 Å². The molecule has 24 heavy (non-hydrogen) atoms. The van der Waals surface area contributed by atoms with Gasteiger partial charge in [0.1, 0.15) is 29.1 Å². The minimum Gasteiger partial charge on any atom is -0.491 e. The van der Waals surface area contributed by atoms with E-state index < -0.39 is 11.4 Å². The number of ether oxygens (including phenoxy) is 1. The summed E-state index contributed by atoms with van der Waals surface area (Å²) >= 11 is 0. The second kappa shape index (κ2) is 7.30. The molecule has 122 valence electrons. The fourth-order valence-electron chi connectivity index (χ4n) is 2.23. The molecule has 3 N–H and O–H groups in total. The zero-order valence-corrected chi connectivity index (χ0v) is 13.0. The Bertz CT molecular complexity index is 907. The average molecular weight is 326 g/mol. The molecule has 0 aliphatic rings. The number of pyridine rings is 1. The first-order valence-electron chi connectivity index (χ1n) is 7.32. The van der Waals surface area contributed by atoms with E-state index in [0.29, 0.717) is 6.61 Å². The van der Waals surface area contributed by atoms with Crippen LogP contribution in [0, 0.1) is 28.5 Å². The SMILES string of the molecule is CCCCOc1ccc(-c2c(C#N)c(N)[nH]c(=O)c2C#N)cc1F. The van der Waals surface area contributed by atoms with Crippen LogP contribution in [0.4, 0.5) is 10.2 Å². The summed E-state index contributed by atoms with van der Waals surface area (Å²) in [5, 5.41) is 18.5. The van der Waals surface area contributed by atoms with Gasteiger partial charge in [0.05, 0.1) is 6.61 Å². The number of nitrogens with one attached hydrogen (secondary N) is 1. The summed E-state index contributed by atoms with van der Waals surface area (Å²) < 4.78 is 19.6. The summed E-state index contributed by atoms with van der Waals surface area (Å²) in [6.07, 6.45) is 1.71. The molecular formula is C17H15FN4O2. The summed E-state index contributed by atoms with van der Waals surface area (Å²) in [6.45, 7) is 2.38. The highest BCUT2D eigenvalue weighted by atomic mass is 19.1. The molecule has 2 rings (SSSR count). The van der Waals surface area contributed by atoms with Gasteiger partial charge in [-0.2, -0.15) is 10.5 Å². The lowest BCUT2D eigenvalue weighted by atomic mass is 9.96. The molecule has 0 saturated carbocycles. The van der Waals surface area contributed by atoms with E-state index in [1.165, 1.54) is 12.1 Å². The van der Waals surface area contributed by atoms with Crippen molar-refractivity contribution in [1.29, 1.82) is 10.5 Å². The third-order valence-corrected chi connectivity index (χ3v) is 3.44. The number of nitrogens with zero attached hydrogens (tertiary/aromatic N) is 2. The zero-order chi connectivity index (χ0) is 17.7. The minimum atomic E-state index is -0.729. The maximum Gasteiger partial charge on any atom is 0.268 e. The summed E-state index contributed by atoms with van der Waals surface area (Å²) in [6, 6.07) is 7.59. The second-order valence-corrected chi connectivity index (χ2v) is 5.06. The van der Waals surface area contributed by atoms with Crippen molar-refractivity contribution in [2.45, 2.75) is 19.8 Å². The predicted octanol–water partition coefficient (Wildman–Crippen LogP) is 2.69. The van der Waals surface area contributed by atoms with Crippen LogP contribution in [0.2, 0.25) is 0 Å². The molecule has 6 nitrogen and oxygen atoms in total. The molecule has 0 amide bonds. The number of nitrogens with two attached hydrogens (primary N) is 1. The third-order valence-electron chi connectivity index (χ3n) is 3.44. The van der Waals surface area contributed by atoms with Crippen LogP contribution < -0.4 is 16.0 Å². The molecule has 2 aromatic rings. The van der Waals surface area contributed by atoms with E-state index in [1.807, 2.05) is 13.0 Å². The lowest BCUT2D eigenvalue weighted by Gasteiger charge is -2.11. The highest BCUT2D eigenvalue weighted by Gasteiger charge is 2.19. The van der Waals surface area contributed by atoms with Crippen molar-refractivity contribution >= 4 is 5.82 Å². The Morgan fingerprint density at radius 2 is 2.00 bits per heavy atom. The van der Waals surface area contributed by atoms with Gasteiger partial charge < -0.3 is 15.5 Å². The number of hydrogen-bond acceptors (Lipinski definition) is 5. The van der Waals surface area contributed by atoms with E-state index >= 15 is 0 Å². The number of nitriles is 2. The monoisotopic (exact) mass is 326 g/mol. The Hall–Kier alpha value is -3.32. The standard InChI is InChI=1S/C17H15FN4O2/c1-2-3-6-24-14-5-4-10(7-13(14)18)15-11(8-19)16(21)22-17(23)12(15)9-20/h4-5,7H,2-3,6H2,1H3,(H3,21,22,23). The van der Waals surface area contributed by atoms with Gasteiger partial charge >= 0.3 is 0 Å². The number of H-pyrrole nitrogens is 1. The molecule has 0 bridgehead atoms. The Kier molecular flexibility index (Phi) is 5.18. The van der Waals surface area contributed by atoms with Crippen molar-refractivity contribution in [1.82, 2.24) is 4.98 Å². The summed E-state index contributed by atoms with van der Waals surface area (Å²) in [4.78, 5) is 14.1. The number of benzene rings is 1. The number of unbranched alkanes of at least 4 members (excludes halogenated alkanes) is 1. The molecule has 0 fully saturated rings. The molecule has 1 aromatic heterocycles. The normalized spacial score (nSPS) is 10.0. The van der Waals surface area contributed by atoms with Crippen LogP contribution in [0.3, 0.4) is 0 Å². The van der Waals surface area contributed by atoms with Gasteiger partial charge in [-0.1, -0.05) is 19.4 Å². The molecule has 1 aromatic carbocycles.